The van der Waals surface area contributed by atoms with Gasteiger partial charge in [-0.2, -0.15) is 0 Å². The Morgan fingerprint density at radius 3 is 3.00 bits per heavy atom. The van der Waals surface area contributed by atoms with Crippen molar-refractivity contribution in [3.63, 3.8) is 0 Å². The molecule has 2 N–H and O–H groups in total. The number of benzene rings is 1. The molecule has 0 spiro atoms. The molecule has 1 aromatic carbocycles. The van der Waals surface area contributed by atoms with E-state index in [0.29, 0.717) is 11.0 Å². The Bertz CT molecular complexity index is 894. The van der Waals surface area contributed by atoms with Crippen LogP contribution in [0.3, 0.4) is 0 Å². The normalized spacial score (nSPS) is 15.6. The summed E-state index contributed by atoms with van der Waals surface area (Å²) in [6.07, 6.45) is 4.18. The highest BCUT2D eigenvalue weighted by Gasteiger charge is 2.18. The lowest BCUT2D eigenvalue weighted by atomic mass is 9.97. The minimum Gasteiger partial charge on any atom is -0.319 e. The highest BCUT2D eigenvalue weighted by atomic mass is 32.1. The van der Waals surface area contributed by atoms with E-state index in [2.05, 4.69) is 20.6 Å². The third-order valence-electron chi connectivity index (χ3n) is 4.66. The van der Waals surface area contributed by atoms with Crippen LogP contribution in [0.5, 0.6) is 0 Å². The van der Waals surface area contributed by atoms with Gasteiger partial charge in [0.1, 0.15) is 12.4 Å². The Kier molecular flexibility index (Phi) is 4.50. The number of nitrogens with zero attached hydrogens (tertiary/aromatic N) is 3. The minimum absolute atomic E-state index is 0.0718. The van der Waals surface area contributed by atoms with Crippen molar-refractivity contribution in [1.29, 1.82) is 0 Å². The average molecular weight is 355 g/mol. The van der Waals surface area contributed by atoms with Crippen LogP contribution in [0.1, 0.15) is 29.5 Å². The van der Waals surface area contributed by atoms with Crippen molar-refractivity contribution in [2.45, 2.75) is 32.2 Å². The summed E-state index contributed by atoms with van der Waals surface area (Å²) in [6, 6.07) is 7.87. The number of aryl methyl sites for hydroxylation is 1. The van der Waals surface area contributed by atoms with Crippen LogP contribution in [0.4, 0.5) is 5.13 Å². The van der Waals surface area contributed by atoms with Crippen molar-refractivity contribution in [1.82, 2.24) is 19.9 Å². The number of aromatic nitrogens is 3. The summed E-state index contributed by atoms with van der Waals surface area (Å²) >= 11 is 1.59. The molecule has 1 amide bonds. The third-order valence-corrected chi connectivity index (χ3v) is 5.73. The Balaban J connectivity index is 1.45. The predicted octanol–water partition coefficient (Wildman–Crippen LogP) is 2.91. The molecule has 25 heavy (non-hydrogen) atoms. The fourth-order valence-electron chi connectivity index (χ4n) is 3.34. The summed E-state index contributed by atoms with van der Waals surface area (Å²) in [6.45, 7) is 4.27. The zero-order chi connectivity index (χ0) is 17.2. The molecule has 0 atom stereocenters. The van der Waals surface area contributed by atoms with Crippen LogP contribution in [-0.4, -0.2) is 33.5 Å². The zero-order valence-corrected chi connectivity index (χ0v) is 15.0. The van der Waals surface area contributed by atoms with Gasteiger partial charge in [0.05, 0.1) is 11.0 Å². The van der Waals surface area contributed by atoms with E-state index in [9.17, 15) is 4.79 Å². The maximum atomic E-state index is 12.5. The summed E-state index contributed by atoms with van der Waals surface area (Å²) in [5.74, 6) is 1.33. The van der Waals surface area contributed by atoms with Gasteiger partial charge in [0.25, 0.3) is 0 Å². The molecule has 0 radical (unpaired) electrons. The molecule has 0 aliphatic carbocycles. The SMILES string of the molecule is Cc1nc2ccccc2n1CC(=O)Nc1ncc(C2CCNCC2)s1. The van der Waals surface area contributed by atoms with Gasteiger partial charge >= 0.3 is 0 Å². The van der Waals surface area contributed by atoms with E-state index in [0.717, 1.165) is 42.8 Å². The van der Waals surface area contributed by atoms with Crippen LogP contribution >= 0.6 is 11.3 Å². The quantitative estimate of drug-likeness (QED) is 0.755. The lowest BCUT2D eigenvalue weighted by Gasteiger charge is -2.20. The number of amides is 1. The third kappa shape index (κ3) is 3.43. The Labute approximate surface area is 150 Å². The maximum absolute atomic E-state index is 12.5. The lowest BCUT2D eigenvalue weighted by Crippen LogP contribution is -2.26. The summed E-state index contributed by atoms with van der Waals surface area (Å²) in [5, 5.41) is 6.99. The highest BCUT2D eigenvalue weighted by Crippen LogP contribution is 2.31. The first kappa shape index (κ1) is 16.2. The summed E-state index contributed by atoms with van der Waals surface area (Å²) in [5.41, 5.74) is 1.89. The van der Waals surface area contributed by atoms with Crippen molar-refractivity contribution in [2.24, 2.45) is 0 Å². The first-order valence-electron chi connectivity index (χ1n) is 8.59. The second-order valence-corrected chi connectivity index (χ2v) is 7.44. The van der Waals surface area contributed by atoms with Crippen LogP contribution in [0.15, 0.2) is 30.5 Å². The van der Waals surface area contributed by atoms with E-state index < -0.39 is 0 Å². The molecule has 0 unspecified atom stereocenters. The second-order valence-electron chi connectivity index (χ2n) is 6.37. The van der Waals surface area contributed by atoms with Gasteiger partial charge in [-0.15, -0.1) is 11.3 Å². The predicted molar refractivity (Wildman–Crippen MR) is 100 cm³/mol. The van der Waals surface area contributed by atoms with E-state index in [4.69, 9.17) is 0 Å². The monoisotopic (exact) mass is 355 g/mol. The molecule has 7 heteroatoms. The molecular weight excluding hydrogens is 334 g/mol. The van der Waals surface area contributed by atoms with Gasteiger partial charge in [-0.1, -0.05) is 12.1 Å². The van der Waals surface area contributed by atoms with Gasteiger partial charge in [0.2, 0.25) is 5.91 Å². The largest absolute Gasteiger partial charge is 0.319 e. The summed E-state index contributed by atoms with van der Waals surface area (Å²) in [4.78, 5) is 22.6. The number of para-hydroxylation sites is 2. The molecule has 1 aliphatic rings. The molecule has 0 bridgehead atoms. The van der Waals surface area contributed by atoms with Gasteiger partial charge < -0.3 is 15.2 Å². The van der Waals surface area contributed by atoms with Gasteiger partial charge in [-0.3, -0.25) is 4.79 Å². The highest BCUT2D eigenvalue weighted by molar-refractivity contribution is 7.15. The molecule has 3 aromatic rings. The van der Waals surface area contributed by atoms with E-state index in [1.165, 1.54) is 4.88 Å². The number of carbonyl (C=O) groups is 1. The van der Waals surface area contributed by atoms with Crippen molar-refractivity contribution < 1.29 is 4.79 Å². The number of thiazole rings is 1. The number of hydrogen-bond acceptors (Lipinski definition) is 5. The molecule has 0 saturated carbocycles. The van der Waals surface area contributed by atoms with Gasteiger partial charge in [0, 0.05) is 11.1 Å². The fourth-order valence-corrected chi connectivity index (χ4v) is 4.34. The number of carbonyl (C=O) groups excluding carboxylic acids is 1. The van der Waals surface area contributed by atoms with Gasteiger partial charge in [-0.05, 0) is 50.9 Å². The number of rotatable bonds is 4. The number of fused-ring (bicyclic) bond motifs is 1. The van der Waals surface area contributed by atoms with Crippen LogP contribution < -0.4 is 10.6 Å². The molecular formula is C18H21N5OS. The lowest BCUT2D eigenvalue weighted by molar-refractivity contribution is -0.116. The van der Waals surface area contributed by atoms with Crippen molar-refractivity contribution in [3.8, 4) is 0 Å². The second kappa shape index (κ2) is 6.93. The standard InChI is InChI=1S/C18H21N5OS/c1-12-21-14-4-2-3-5-15(14)23(12)11-17(24)22-18-20-10-16(25-18)13-6-8-19-9-7-13/h2-5,10,13,19H,6-9,11H2,1H3,(H,20,22,24). The molecule has 6 nitrogen and oxygen atoms in total. The minimum atomic E-state index is -0.0718. The molecule has 2 aromatic heterocycles. The van der Waals surface area contributed by atoms with Gasteiger partial charge in [0.15, 0.2) is 5.13 Å². The zero-order valence-electron chi connectivity index (χ0n) is 14.2. The number of anilines is 1. The molecule has 4 rings (SSSR count). The van der Waals surface area contributed by atoms with Crippen molar-refractivity contribution >= 4 is 33.4 Å². The maximum Gasteiger partial charge on any atom is 0.246 e. The van der Waals surface area contributed by atoms with Crippen molar-refractivity contribution in [3.05, 3.63) is 41.2 Å². The summed E-state index contributed by atoms with van der Waals surface area (Å²) < 4.78 is 1.94. The number of piperidine rings is 1. The number of nitrogens with one attached hydrogen (secondary N) is 2. The van der Waals surface area contributed by atoms with E-state index in [1.54, 1.807) is 11.3 Å². The first-order valence-corrected chi connectivity index (χ1v) is 9.40. The molecule has 130 valence electrons. The van der Waals surface area contributed by atoms with Crippen LogP contribution in [0.2, 0.25) is 0 Å². The van der Waals surface area contributed by atoms with Crippen LogP contribution in [0.25, 0.3) is 11.0 Å². The van der Waals surface area contributed by atoms with Crippen LogP contribution in [0, 0.1) is 6.92 Å². The Morgan fingerprint density at radius 1 is 1.36 bits per heavy atom. The smallest absolute Gasteiger partial charge is 0.246 e. The molecule has 3 heterocycles. The van der Waals surface area contributed by atoms with Gasteiger partial charge in [-0.25, -0.2) is 9.97 Å². The molecule has 1 saturated heterocycles. The van der Waals surface area contributed by atoms with E-state index >= 15 is 0 Å². The first-order chi connectivity index (χ1) is 12.2. The summed E-state index contributed by atoms with van der Waals surface area (Å²) in [7, 11) is 0. The molecule has 1 fully saturated rings. The van der Waals surface area contributed by atoms with E-state index in [1.807, 2.05) is 42.0 Å². The Hall–Kier alpha value is -2.25. The van der Waals surface area contributed by atoms with Crippen molar-refractivity contribution in [2.75, 3.05) is 18.4 Å². The molecule has 1 aliphatic heterocycles. The topological polar surface area (TPSA) is 71.8 Å². The van der Waals surface area contributed by atoms with Crippen LogP contribution in [-0.2, 0) is 11.3 Å². The fraction of sp³-hybridized carbons (Fsp3) is 0.389. The number of hydrogen-bond donors (Lipinski definition) is 2. The van der Waals surface area contributed by atoms with E-state index in [-0.39, 0.29) is 12.5 Å². The Morgan fingerprint density at radius 2 is 2.16 bits per heavy atom. The average Bonchev–Trinajstić information content (AvgIpc) is 3.21. The number of imidazole rings is 1.